The lowest BCUT2D eigenvalue weighted by molar-refractivity contribution is 0.0600. The molecule has 1 saturated heterocycles. The molecule has 1 aromatic carbocycles. The maximum absolute atomic E-state index is 11.9. The SMILES string of the molecule is COC(=O)c1ccc(Cl)c(CN(Cc2ccccn2)C2CCCNCC2)c1. The van der Waals surface area contributed by atoms with E-state index in [1.807, 2.05) is 24.4 Å². The molecule has 3 rings (SSSR count). The number of carbonyl (C=O) groups excluding carboxylic acids is 1. The van der Waals surface area contributed by atoms with Gasteiger partial charge >= 0.3 is 5.97 Å². The first-order valence-electron chi connectivity index (χ1n) is 9.39. The third kappa shape index (κ3) is 5.51. The molecular formula is C21H26ClN3O2. The Bertz CT molecular complexity index is 746. The lowest BCUT2D eigenvalue weighted by Gasteiger charge is -2.31. The average Bonchev–Trinajstić information content (AvgIpc) is 2.98. The number of pyridine rings is 1. The van der Waals surface area contributed by atoms with Gasteiger partial charge in [-0.3, -0.25) is 9.88 Å². The van der Waals surface area contributed by atoms with Crippen molar-refractivity contribution in [1.29, 1.82) is 0 Å². The molecule has 1 N–H and O–H groups in total. The number of aromatic nitrogens is 1. The van der Waals surface area contributed by atoms with E-state index in [-0.39, 0.29) is 5.97 Å². The first-order chi connectivity index (χ1) is 13.2. The molecule has 0 bridgehead atoms. The smallest absolute Gasteiger partial charge is 0.337 e. The maximum Gasteiger partial charge on any atom is 0.337 e. The zero-order valence-electron chi connectivity index (χ0n) is 15.7. The van der Waals surface area contributed by atoms with Crippen LogP contribution in [0.3, 0.4) is 0 Å². The van der Waals surface area contributed by atoms with Gasteiger partial charge in [-0.05, 0) is 68.2 Å². The molecule has 0 saturated carbocycles. The van der Waals surface area contributed by atoms with Crippen LogP contribution < -0.4 is 5.32 Å². The highest BCUT2D eigenvalue weighted by Crippen LogP contribution is 2.24. The predicted molar refractivity (Wildman–Crippen MR) is 107 cm³/mol. The highest BCUT2D eigenvalue weighted by Gasteiger charge is 2.22. The molecule has 1 unspecified atom stereocenters. The third-order valence-corrected chi connectivity index (χ3v) is 5.36. The van der Waals surface area contributed by atoms with Crippen LogP contribution in [0.15, 0.2) is 42.6 Å². The number of hydrogen-bond donors (Lipinski definition) is 1. The van der Waals surface area contributed by atoms with Gasteiger partial charge in [-0.1, -0.05) is 17.7 Å². The minimum absolute atomic E-state index is 0.345. The molecule has 0 amide bonds. The topological polar surface area (TPSA) is 54.5 Å². The zero-order chi connectivity index (χ0) is 19.1. The van der Waals surface area contributed by atoms with Gasteiger partial charge in [0.05, 0.1) is 18.4 Å². The third-order valence-electron chi connectivity index (χ3n) is 4.99. The van der Waals surface area contributed by atoms with Crippen molar-refractivity contribution in [3.63, 3.8) is 0 Å². The van der Waals surface area contributed by atoms with Crippen molar-refractivity contribution in [3.8, 4) is 0 Å². The highest BCUT2D eigenvalue weighted by atomic mass is 35.5. The molecule has 144 valence electrons. The number of carbonyl (C=O) groups is 1. The number of hydrogen-bond acceptors (Lipinski definition) is 5. The Balaban J connectivity index is 1.85. The van der Waals surface area contributed by atoms with Crippen molar-refractivity contribution in [2.24, 2.45) is 0 Å². The van der Waals surface area contributed by atoms with Gasteiger partial charge in [0, 0.05) is 30.4 Å². The van der Waals surface area contributed by atoms with Crippen LogP contribution in [0.4, 0.5) is 0 Å². The summed E-state index contributed by atoms with van der Waals surface area (Å²) >= 11 is 6.46. The second kappa shape index (κ2) is 9.83. The Morgan fingerprint density at radius 2 is 2.15 bits per heavy atom. The zero-order valence-corrected chi connectivity index (χ0v) is 16.4. The van der Waals surface area contributed by atoms with Gasteiger partial charge in [-0.25, -0.2) is 4.79 Å². The van der Waals surface area contributed by atoms with Crippen molar-refractivity contribution in [1.82, 2.24) is 15.2 Å². The minimum Gasteiger partial charge on any atom is -0.465 e. The number of esters is 1. The van der Waals surface area contributed by atoms with E-state index in [4.69, 9.17) is 16.3 Å². The number of rotatable bonds is 6. The number of nitrogens with zero attached hydrogens (tertiary/aromatic N) is 2. The molecule has 0 radical (unpaired) electrons. The Hall–Kier alpha value is -1.95. The van der Waals surface area contributed by atoms with Gasteiger partial charge in [-0.2, -0.15) is 0 Å². The summed E-state index contributed by atoms with van der Waals surface area (Å²) in [5.74, 6) is -0.345. The van der Waals surface area contributed by atoms with Gasteiger partial charge in [0.15, 0.2) is 0 Å². The normalized spacial score (nSPS) is 17.5. The molecule has 1 fully saturated rings. The van der Waals surface area contributed by atoms with Crippen molar-refractivity contribution >= 4 is 17.6 Å². The van der Waals surface area contributed by atoms with Crippen LogP contribution in [0.25, 0.3) is 0 Å². The van der Waals surface area contributed by atoms with E-state index in [2.05, 4.69) is 21.3 Å². The van der Waals surface area contributed by atoms with Crippen LogP contribution in [0, 0.1) is 0 Å². The maximum atomic E-state index is 11.9. The van der Waals surface area contributed by atoms with E-state index in [1.165, 1.54) is 7.11 Å². The summed E-state index contributed by atoms with van der Waals surface area (Å²) < 4.78 is 4.85. The molecule has 27 heavy (non-hydrogen) atoms. The molecule has 2 heterocycles. The van der Waals surface area contributed by atoms with Crippen LogP contribution in [0.5, 0.6) is 0 Å². The van der Waals surface area contributed by atoms with Gasteiger partial charge in [0.25, 0.3) is 0 Å². The molecule has 1 aromatic heterocycles. The quantitative estimate of drug-likeness (QED) is 0.766. The summed E-state index contributed by atoms with van der Waals surface area (Å²) in [6.07, 6.45) is 5.20. The van der Waals surface area contributed by atoms with Crippen molar-refractivity contribution in [2.45, 2.75) is 38.4 Å². The van der Waals surface area contributed by atoms with E-state index in [0.717, 1.165) is 50.2 Å². The van der Waals surface area contributed by atoms with E-state index in [1.54, 1.807) is 12.1 Å². The summed E-state index contributed by atoms with van der Waals surface area (Å²) in [5, 5.41) is 4.14. The summed E-state index contributed by atoms with van der Waals surface area (Å²) in [5.41, 5.74) is 2.50. The molecule has 1 aliphatic rings. The fraction of sp³-hybridized carbons (Fsp3) is 0.429. The largest absolute Gasteiger partial charge is 0.465 e. The van der Waals surface area contributed by atoms with Crippen LogP contribution in [-0.4, -0.2) is 42.1 Å². The lowest BCUT2D eigenvalue weighted by Crippen LogP contribution is -2.35. The molecule has 1 atom stereocenters. The van der Waals surface area contributed by atoms with Crippen LogP contribution in [0.2, 0.25) is 5.02 Å². The summed E-state index contributed by atoms with van der Waals surface area (Å²) in [7, 11) is 1.39. The van der Waals surface area contributed by atoms with Crippen molar-refractivity contribution < 1.29 is 9.53 Å². The lowest BCUT2D eigenvalue weighted by atomic mass is 10.0. The van der Waals surface area contributed by atoms with E-state index < -0.39 is 0 Å². The fourth-order valence-electron chi connectivity index (χ4n) is 3.54. The van der Waals surface area contributed by atoms with E-state index in [9.17, 15) is 4.79 Å². The minimum atomic E-state index is -0.345. The average molecular weight is 388 g/mol. The number of ether oxygens (including phenoxy) is 1. The molecule has 0 spiro atoms. The van der Waals surface area contributed by atoms with E-state index in [0.29, 0.717) is 23.2 Å². The molecular weight excluding hydrogens is 362 g/mol. The van der Waals surface area contributed by atoms with Gasteiger partial charge < -0.3 is 10.1 Å². The molecule has 1 aliphatic heterocycles. The predicted octanol–water partition coefficient (Wildman–Crippen LogP) is 3.67. The number of benzene rings is 1. The summed E-state index contributed by atoms with van der Waals surface area (Å²) in [6.45, 7) is 3.50. The molecule has 2 aromatic rings. The Morgan fingerprint density at radius 1 is 1.26 bits per heavy atom. The Morgan fingerprint density at radius 3 is 2.93 bits per heavy atom. The summed E-state index contributed by atoms with van der Waals surface area (Å²) in [4.78, 5) is 18.8. The second-order valence-corrected chi connectivity index (χ2v) is 7.27. The second-order valence-electron chi connectivity index (χ2n) is 6.86. The first-order valence-corrected chi connectivity index (χ1v) is 9.76. The first kappa shape index (κ1) is 19.8. The Kier molecular flexibility index (Phi) is 7.21. The molecule has 0 aliphatic carbocycles. The van der Waals surface area contributed by atoms with E-state index >= 15 is 0 Å². The van der Waals surface area contributed by atoms with Crippen molar-refractivity contribution in [2.75, 3.05) is 20.2 Å². The van der Waals surface area contributed by atoms with Gasteiger partial charge in [0.1, 0.15) is 0 Å². The molecule has 5 nitrogen and oxygen atoms in total. The van der Waals surface area contributed by atoms with Crippen LogP contribution >= 0.6 is 11.6 Å². The van der Waals surface area contributed by atoms with Crippen LogP contribution in [0.1, 0.15) is 40.9 Å². The highest BCUT2D eigenvalue weighted by molar-refractivity contribution is 6.31. The fourth-order valence-corrected chi connectivity index (χ4v) is 3.72. The number of methoxy groups -OCH3 is 1. The van der Waals surface area contributed by atoms with Crippen molar-refractivity contribution in [3.05, 3.63) is 64.4 Å². The number of nitrogens with one attached hydrogen (secondary N) is 1. The summed E-state index contributed by atoms with van der Waals surface area (Å²) in [6, 6.07) is 11.8. The standard InChI is InChI=1S/C21H26ClN3O2/c1-27-21(26)16-7-8-20(22)17(13-16)14-25(15-18-5-2-3-11-24-18)19-6-4-10-23-12-9-19/h2-3,5,7-8,11,13,19,23H,4,6,9-10,12,14-15H2,1H3. The van der Waals surface area contributed by atoms with Crippen LogP contribution in [-0.2, 0) is 17.8 Å². The molecule has 6 heteroatoms. The van der Waals surface area contributed by atoms with Gasteiger partial charge in [-0.15, -0.1) is 0 Å². The number of halogens is 1. The Labute approximate surface area is 165 Å². The van der Waals surface area contributed by atoms with Gasteiger partial charge in [0.2, 0.25) is 0 Å². The monoisotopic (exact) mass is 387 g/mol.